The van der Waals surface area contributed by atoms with Gasteiger partial charge in [-0.2, -0.15) is 0 Å². The molecular formula is C20H21N3S. The molecular weight excluding hydrogens is 314 g/mol. The first-order valence-electron chi connectivity index (χ1n) is 8.26. The molecule has 0 atom stereocenters. The van der Waals surface area contributed by atoms with Crippen molar-refractivity contribution in [2.24, 2.45) is 0 Å². The van der Waals surface area contributed by atoms with Crippen LogP contribution in [0.2, 0.25) is 0 Å². The zero-order valence-electron chi connectivity index (χ0n) is 13.8. The summed E-state index contributed by atoms with van der Waals surface area (Å²) in [7, 11) is 0. The van der Waals surface area contributed by atoms with E-state index in [2.05, 4.69) is 46.8 Å². The molecule has 3 nitrogen and oxygen atoms in total. The van der Waals surface area contributed by atoms with Crippen molar-refractivity contribution >= 4 is 39.5 Å². The van der Waals surface area contributed by atoms with Crippen molar-refractivity contribution < 1.29 is 0 Å². The molecule has 0 aliphatic carbocycles. The Morgan fingerprint density at radius 1 is 1.04 bits per heavy atom. The Bertz CT molecular complexity index is 822. The predicted octanol–water partition coefficient (Wildman–Crippen LogP) is 5.39. The molecule has 0 amide bonds. The molecule has 2 aromatic carbocycles. The van der Waals surface area contributed by atoms with Crippen LogP contribution < -0.4 is 10.6 Å². The molecule has 0 bridgehead atoms. The van der Waals surface area contributed by atoms with Gasteiger partial charge in [-0.15, -0.1) is 0 Å². The van der Waals surface area contributed by atoms with Crippen molar-refractivity contribution in [1.82, 2.24) is 4.98 Å². The highest BCUT2D eigenvalue weighted by molar-refractivity contribution is 7.80. The number of pyridine rings is 1. The zero-order valence-corrected chi connectivity index (χ0v) is 14.6. The van der Waals surface area contributed by atoms with Gasteiger partial charge in [0.05, 0.1) is 0 Å². The Morgan fingerprint density at radius 3 is 2.67 bits per heavy atom. The lowest BCUT2D eigenvalue weighted by molar-refractivity contribution is 0.795. The number of hydrogen-bond acceptors (Lipinski definition) is 2. The third-order valence-corrected chi connectivity index (χ3v) is 4.16. The number of benzene rings is 2. The number of rotatable bonds is 5. The quantitative estimate of drug-likeness (QED) is 0.613. The molecule has 0 fully saturated rings. The molecule has 1 aromatic heterocycles. The van der Waals surface area contributed by atoms with Gasteiger partial charge >= 0.3 is 0 Å². The fourth-order valence-electron chi connectivity index (χ4n) is 2.65. The van der Waals surface area contributed by atoms with Gasteiger partial charge in [-0.3, -0.25) is 4.98 Å². The molecule has 3 aromatic rings. The summed E-state index contributed by atoms with van der Waals surface area (Å²) in [6.07, 6.45) is 7.21. The number of fused-ring (bicyclic) bond motifs is 1. The first-order chi connectivity index (χ1) is 11.8. The van der Waals surface area contributed by atoms with Gasteiger partial charge < -0.3 is 10.6 Å². The van der Waals surface area contributed by atoms with Crippen LogP contribution in [0.1, 0.15) is 25.3 Å². The minimum atomic E-state index is 0.584. The van der Waals surface area contributed by atoms with E-state index < -0.39 is 0 Å². The number of aromatic nitrogens is 1. The maximum absolute atomic E-state index is 5.45. The van der Waals surface area contributed by atoms with Crippen molar-refractivity contribution in [1.29, 1.82) is 0 Å². The number of unbranched alkanes of at least 4 members (excludes halogenated alkanes) is 1. The van der Waals surface area contributed by atoms with E-state index in [-0.39, 0.29) is 0 Å². The maximum Gasteiger partial charge on any atom is 0.175 e. The maximum atomic E-state index is 5.45. The second-order valence-electron chi connectivity index (χ2n) is 5.78. The van der Waals surface area contributed by atoms with E-state index in [0.717, 1.165) is 28.6 Å². The van der Waals surface area contributed by atoms with Crippen LogP contribution in [0.4, 0.5) is 11.4 Å². The Hall–Kier alpha value is -2.46. The third kappa shape index (κ3) is 4.09. The van der Waals surface area contributed by atoms with E-state index in [4.69, 9.17) is 12.2 Å². The summed E-state index contributed by atoms with van der Waals surface area (Å²) < 4.78 is 0. The van der Waals surface area contributed by atoms with Gasteiger partial charge in [-0.25, -0.2) is 0 Å². The molecule has 0 spiro atoms. The van der Waals surface area contributed by atoms with E-state index in [1.54, 1.807) is 6.20 Å². The summed E-state index contributed by atoms with van der Waals surface area (Å²) in [4.78, 5) is 4.15. The van der Waals surface area contributed by atoms with Gasteiger partial charge in [0, 0.05) is 34.5 Å². The van der Waals surface area contributed by atoms with Crippen molar-refractivity contribution in [3.8, 4) is 0 Å². The van der Waals surface area contributed by atoms with Gasteiger partial charge in [-0.1, -0.05) is 37.6 Å². The fourth-order valence-corrected chi connectivity index (χ4v) is 2.88. The molecule has 0 radical (unpaired) electrons. The lowest BCUT2D eigenvalue weighted by Gasteiger charge is -2.13. The van der Waals surface area contributed by atoms with Crippen LogP contribution in [0.3, 0.4) is 0 Å². The van der Waals surface area contributed by atoms with Crippen molar-refractivity contribution in [2.45, 2.75) is 26.2 Å². The molecule has 0 aliphatic heterocycles. The topological polar surface area (TPSA) is 37.0 Å². The van der Waals surface area contributed by atoms with Crippen LogP contribution in [0.5, 0.6) is 0 Å². The van der Waals surface area contributed by atoms with E-state index in [1.165, 1.54) is 18.4 Å². The number of nitrogens with one attached hydrogen (secondary N) is 2. The summed E-state index contributed by atoms with van der Waals surface area (Å²) in [6.45, 7) is 2.21. The van der Waals surface area contributed by atoms with Crippen LogP contribution in [0.25, 0.3) is 10.8 Å². The molecule has 4 heteroatoms. The standard InChI is InChI=1S/C20H21N3S/c1-2-3-5-15-8-10-17(11-9-15)22-20(24)23-19-7-4-6-16-14-21-13-12-18(16)19/h4,6-14H,2-3,5H2,1H3,(H2,22,23,24). The molecule has 24 heavy (non-hydrogen) atoms. The Kier molecular flexibility index (Phi) is 5.39. The predicted molar refractivity (Wildman–Crippen MR) is 107 cm³/mol. The van der Waals surface area contributed by atoms with Gasteiger partial charge in [0.2, 0.25) is 0 Å². The number of thiocarbonyl (C=S) groups is 1. The van der Waals surface area contributed by atoms with Gasteiger partial charge in [-0.05, 0) is 54.9 Å². The summed E-state index contributed by atoms with van der Waals surface area (Å²) >= 11 is 5.45. The Morgan fingerprint density at radius 2 is 1.88 bits per heavy atom. The highest BCUT2D eigenvalue weighted by Gasteiger charge is 2.03. The summed E-state index contributed by atoms with van der Waals surface area (Å²) in [6, 6.07) is 16.5. The van der Waals surface area contributed by atoms with E-state index in [0.29, 0.717) is 5.11 Å². The van der Waals surface area contributed by atoms with E-state index in [9.17, 15) is 0 Å². The van der Waals surface area contributed by atoms with Gasteiger partial charge in [0.1, 0.15) is 0 Å². The van der Waals surface area contributed by atoms with Crippen molar-refractivity contribution in [3.63, 3.8) is 0 Å². The normalized spacial score (nSPS) is 10.5. The minimum absolute atomic E-state index is 0.584. The van der Waals surface area contributed by atoms with Crippen LogP contribution >= 0.6 is 12.2 Å². The monoisotopic (exact) mass is 335 g/mol. The largest absolute Gasteiger partial charge is 0.332 e. The second-order valence-corrected chi connectivity index (χ2v) is 6.19. The minimum Gasteiger partial charge on any atom is -0.332 e. The average molecular weight is 335 g/mol. The van der Waals surface area contributed by atoms with Crippen molar-refractivity contribution in [2.75, 3.05) is 10.6 Å². The van der Waals surface area contributed by atoms with Gasteiger partial charge in [0.15, 0.2) is 5.11 Å². The summed E-state index contributed by atoms with van der Waals surface area (Å²) in [5.74, 6) is 0. The number of nitrogens with zero attached hydrogens (tertiary/aromatic N) is 1. The molecule has 0 unspecified atom stereocenters. The second kappa shape index (κ2) is 7.88. The highest BCUT2D eigenvalue weighted by Crippen LogP contribution is 2.22. The van der Waals surface area contributed by atoms with Gasteiger partial charge in [0.25, 0.3) is 0 Å². The summed E-state index contributed by atoms with van der Waals surface area (Å²) in [5.41, 5.74) is 3.34. The Labute approximate surface area is 148 Å². The number of aryl methyl sites for hydroxylation is 1. The first kappa shape index (κ1) is 16.4. The lowest BCUT2D eigenvalue weighted by atomic mass is 10.1. The van der Waals surface area contributed by atoms with Crippen LogP contribution in [-0.2, 0) is 6.42 Å². The summed E-state index contributed by atoms with van der Waals surface area (Å²) in [5, 5.41) is 9.29. The third-order valence-electron chi connectivity index (χ3n) is 3.96. The smallest absolute Gasteiger partial charge is 0.175 e. The lowest BCUT2D eigenvalue weighted by Crippen LogP contribution is -2.19. The SMILES string of the molecule is CCCCc1ccc(NC(=S)Nc2cccc3cnccc23)cc1. The van der Waals surface area contributed by atoms with Crippen LogP contribution in [0.15, 0.2) is 60.9 Å². The molecule has 0 aliphatic rings. The number of anilines is 2. The Balaban J connectivity index is 1.67. The zero-order chi connectivity index (χ0) is 16.8. The molecule has 2 N–H and O–H groups in total. The van der Waals surface area contributed by atoms with Crippen molar-refractivity contribution in [3.05, 3.63) is 66.5 Å². The van der Waals surface area contributed by atoms with Crippen LogP contribution in [0, 0.1) is 0 Å². The average Bonchev–Trinajstić information content (AvgIpc) is 2.61. The molecule has 1 heterocycles. The molecule has 0 saturated heterocycles. The molecule has 122 valence electrons. The fraction of sp³-hybridized carbons (Fsp3) is 0.200. The van der Waals surface area contributed by atoms with E-state index >= 15 is 0 Å². The van der Waals surface area contributed by atoms with Crippen LogP contribution in [-0.4, -0.2) is 10.1 Å². The molecule has 3 rings (SSSR count). The molecule has 0 saturated carbocycles. The highest BCUT2D eigenvalue weighted by atomic mass is 32.1. The van der Waals surface area contributed by atoms with E-state index in [1.807, 2.05) is 30.5 Å². The first-order valence-corrected chi connectivity index (χ1v) is 8.67. The number of hydrogen-bond donors (Lipinski definition) is 2.